The van der Waals surface area contributed by atoms with Gasteiger partial charge in [0.05, 0.1) is 6.61 Å². The summed E-state index contributed by atoms with van der Waals surface area (Å²) in [4.78, 5) is 11.2. The fourth-order valence-electron chi connectivity index (χ4n) is 3.37. The van der Waals surface area contributed by atoms with Crippen molar-refractivity contribution in [3.05, 3.63) is 28.2 Å². The summed E-state index contributed by atoms with van der Waals surface area (Å²) in [5.74, 6) is 0.903. The fourth-order valence-corrected chi connectivity index (χ4v) is 3.75. The zero-order chi connectivity index (χ0) is 14.8. The first-order valence-electron chi connectivity index (χ1n) is 7.61. The van der Waals surface area contributed by atoms with E-state index in [4.69, 9.17) is 10.5 Å². The van der Waals surface area contributed by atoms with Gasteiger partial charge in [0.1, 0.15) is 5.75 Å². The highest BCUT2D eigenvalue weighted by molar-refractivity contribution is 9.10. The number of halogens is 1. The lowest BCUT2D eigenvalue weighted by atomic mass is 9.85. The second-order valence-corrected chi connectivity index (χ2v) is 6.91. The Morgan fingerprint density at radius 3 is 2.71 bits per heavy atom. The Bertz CT molecular complexity index is 527. The molecule has 1 aromatic carbocycles. The van der Waals surface area contributed by atoms with Crippen molar-refractivity contribution in [2.45, 2.75) is 44.2 Å². The van der Waals surface area contributed by atoms with E-state index in [1.165, 1.54) is 5.56 Å². The van der Waals surface area contributed by atoms with Crippen LogP contribution in [-0.2, 0) is 4.79 Å². The van der Waals surface area contributed by atoms with Crippen LogP contribution in [0.1, 0.15) is 43.7 Å². The number of nitrogens with two attached hydrogens (primary N) is 1. The molecular formula is C16H21BrN2O2. The van der Waals surface area contributed by atoms with E-state index < -0.39 is 0 Å². The van der Waals surface area contributed by atoms with Crippen LogP contribution in [-0.4, -0.2) is 18.6 Å². The summed E-state index contributed by atoms with van der Waals surface area (Å²) < 4.78 is 6.80. The number of amides is 1. The fraction of sp³-hybridized carbons (Fsp3) is 0.562. The van der Waals surface area contributed by atoms with Crippen LogP contribution in [0.4, 0.5) is 0 Å². The van der Waals surface area contributed by atoms with Gasteiger partial charge in [0.15, 0.2) is 0 Å². The maximum atomic E-state index is 11.2. The molecule has 114 valence electrons. The van der Waals surface area contributed by atoms with Gasteiger partial charge in [-0.3, -0.25) is 4.79 Å². The average molecular weight is 353 g/mol. The van der Waals surface area contributed by atoms with E-state index >= 15 is 0 Å². The lowest BCUT2D eigenvalue weighted by Crippen LogP contribution is -2.39. The Morgan fingerprint density at radius 1 is 1.24 bits per heavy atom. The number of benzene rings is 1. The van der Waals surface area contributed by atoms with Gasteiger partial charge in [-0.1, -0.05) is 15.9 Å². The molecule has 0 bridgehead atoms. The number of carbonyl (C=O) groups is 1. The maximum absolute atomic E-state index is 11.2. The molecule has 4 nitrogen and oxygen atoms in total. The summed E-state index contributed by atoms with van der Waals surface area (Å²) in [6, 6.07) is 6.98. The molecule has 1 aromatic rings. The predicted octanol–water partition coefficient (Wildman–Crippen LogP) is 2.91. The number of rotatable bonds is 3. The molecule has 1 fully saturated rings. The van der Waals surface area contributed by atoms with Gasteiger partial charge in [-0.05, 0) is 43.9 Å². The Hall–Kier alpha value is -1.07. The molecule has 3 rings (SSSR count). The molecule has 0 spiro atoms. The number of hydrogen-bond donors (Lipinski definition) is 2. The van der Waals surface area contributed by atoms with Gasteiger partial charge >= 0.3 is 0 Å². The topological polar surface area (TPSA) is 64.4 Å². The molecule has 1 saturated carbocycles. The van der Waals surface area contributed by atoms with Gasteiger partial charge in [0.25, 0.3) is 0 Å². The van der Waals surface area contributed by atoms with E-state index in [0.717, 1.165) is 48.9 Å². The van der Waals surface area contributed by atoms with Crippen molar-refractivity contribution in [1.82, 2.24) is 5.32 Å². The van der Waals surface area contributed by atoms with Gasteiger partial charge in [-0.2, -0.15) is 0 Å². The summed E-state index contributed by atoms with van der Waals surface area (Å²) in [6.07, 6.45) is 4.84. The van der Waals surface area contributed by atoms with E-state index in [-0.39, 0.29) is 11.8 Å². The Morgan fingerprint density at radius 2 is 2.00 bits per heavy atom. The standard InChI is InChI=1S/C16H21BrN2O2/c17-11-3-6-15-13(9-11)14(7-8-21-15)19-12-4-1-10(2-5-12)16(18)20/h3,6,9-10,12,14,19H,1-2,4-5,7-8H2,(H2,18,20). The lowest BCUT2D eigenvalue weighted by Gasteiger charge is -2.34. The van der Waals surface area contributed by atoms with Crippen molar-refractivity contribution in [3.8, 4) is 5.75 Å². The highest BCUT2D eigenvalue weighted by atomic mass is 79.9. The zero-order valence-electron chi connectivity index (χ0n) is 12.0. The minimum absolute atomic E-state index is 0.0687. The van der Waals surface area contributed by atoms with Crippen molar-refractivity contribution >= 4 is 21.8 Å². The van der Waals surface area contributed by atoms with Crippen LogP contribution in [0.2, 0.25) is 0 Å². The van der Waals surface area contributed by atoms with Crippen LogP contribution in [0.25, 0.3) is 0 Å². The van der Waals surface area contributed by atoms with E-state index in [2.05, 4.69) is 27.3 Å². The molecule has 1 amide bonds. The summed E-state index contributed by atoms with van der Waals surface area (Å²) >= 11 is 3.53. The second-order valence-electron chi connectivity index (χ2n) is 5.99. The third-order valence-electron chi connectivity index (χ3n) is 4.58. The Kier molecular flexibility index (Phi) is 4.50. The summed E-state index contributed by atoms with van der Waals surface area (Å²) in [6.45, 7) is 0.753. The Labute approximate surface area is 133 Å². The average Bonchev–Trinajstić information content (AvgIpc) is 2.48. The maximum Gasteiger partial charge on any atom is 0.220 e. The molecule has 1 atom stereocenters. The molecule has 1 heterocycles. The SMILES string of the molecule is NC(=O)C1CCC(NC2CCOc3ccc(Br)cc32)CC1. The van der Waals surface area contributed by atoms with Gasteiger partial charge < -0.3 is 15.8 Å². The molecule has 0 saturated heterocycles. The molecular weight excluding hydrogens is 332 g/mol. The van der Waals surface area contributed by atoms with E-state index in [1.54, 1.807) is 0 Å². The summed E-state index contributed by atoms with van der Waals surface area (Å²) in [5.41, 5.74) is 6.62. The van der Waals surface area contributed by atoms with Crippen LogP contribution >= 0.6 is 15.9 Å². The number of primary amides is 1. The number of hydrogen-bond acceptors (Lipinski definition) is 3. The third-order valence-corrected chi connectivity index (χ3v) is 5.07. The second kappa shape index (κ2) is 6.36. The first-order valence-corrected chi connectivity index (χ1v) is 8.40. The minimum atomic E-state index is -0.145. The van der Waals surface area contributed by atoms with Gasteiger partial charge in [-0.25, -0.2) is 0 Å². The van der Waals surface area contributed by atoms with Crippen molar-refractivity contribution in [2.24, 2.45) is 11.7 Å². The lowest BCUT2D eigenvalue weighted by molar-refractivity contribution is -0.122. The van der Waals surface area contributed by atoms with Gasteiger partial charge in [-0.15, -0.1) is 0 Å². The van der Waals surface area contributed by atoms with Crippen LogP contribution in [0, 0.1) is 5.92 Å². The molecule has 0 radical (unpaired) electrons. The van der Waals surface area contributed by atoms with E-state index in [9.17, 15) is 4.79 Å². The van der Waals surface area contributed by atoms with Crippen molar-refractivity contribution in [2.75, 3.05) is 6.61 Å². The van der Waals surface area contributed by atoms with Crippen LogP contribution in [0.3, 0.4) is 0 Å². The smallest absolute Gasteiger partial charge is 0.220 e. The molecule has 1 aliphatic carbocycles. The predicted molar refractivity (Wildman–Crippen MR) is 85.1 cm³/mol. The Balaban J connectivity index is 1.65. The number of nitrogens with one attached hydrogen (secondary N) is 1. The summed E-state index contributed by atoms with van der Waals surface area (Å²) in [5, 5.41) is 3.75. The van der Waals surface area contributed by atoms with Gasteiger partial charge in [0.2, 0.25) is 5.91 Å². The van der Waals surface area contributed by atoms with Crippen LogP contribution < -0.4 is 15.8 Å². The molecule has 1 aliphatic heterocycles. The monoisotopic (exact) mass is 352 g/mol. The quantitative estimate of drug-likeness (QED) is 0.878. The molecule has 5 heteroatoms. The van der Waals surface area contributed by atoms with E-state index in [1.807, 2.05) is 12.1 Å². The number of carbonyl (C=O) groups excluding carboxylic acids is 1. The first-order chi connectivity index (χ1) is 10.1. The number of fused-ring (bicyclic) bond motifs is 1. The zero-order valence-corrected chi connectivity index (χ0v) is 13.6. The van der Waals surface area contributed by atoms with Crippen molar-refractivity contribution in [3.63, 3.8) is 0 Å². The normalized spacial score (nSPS) is 28.5. The largest absolute Gasteiger partial charge is 0.493 e. The van der Waals surface area contributed by atoms with Crippen LogP contribution in [0.15, 0.2) is 22.7 Å². The highest BCUT2D eigenvalue weighted by Crippen LogP contribution is 2.35. The molecule has 0 aromatic heterocycles. The van der Waals surface area contributed by atoms with E-state index in [0.29, 0.717) is 12.1 Å². The minimum Gasteiger partial charge on any atom is -0.493 e. The van der Waals surface area contributed by atoms with Crippen LogP contribution in [0.5, 0.6) is 5.75 Å². The highest BCUT2D eigenvalue weighted by Gasteiger charge is 2.28. The summed E-state index contributed by atoms with van der Waals surface area (Å²) in [7, 11) is 0. The van der Waals surface area contributed by atoms with Crippen molar-refractivity contribution < 1.29 is 9.53 Å². The number of ether oxygens (including phenoxy) is 1. The van der Waals surface area contributed by atoms with Crippen molar-refractivity contribution in [1.29, 1.82) is 0 Å². The molecule has 1 unspecified atom stereocenters. The molecule has 3 N–H and O–H groups in total. The molecule has 2 aliphatic rings. The third kappa shape index (κ3) is 3.40. The first kappa shape index (κ1) is 14.9. The van der Waals surface area contributed by atoms with Gasteiger partial charge in [0, 0.05) is 34.5 Å². The molecule has 21 heavy (non-hydrogen) atoms.